The van der Waals surface area contributed by atoms with Crippen LogP contribution >= 0.6 is 0 Å². The fourth-order valence-corrected chi connectivity index (χ4v) is 6.81. The van der Waals surface area contributed by atoms with E-state index in [9.17, 15) is 19.2 Å². The monoisotopic (exact) mass is 555 g/mol. The first-order valence-corrected chi connectivity index (χ1v) is 13.7. The van der Waals surface area contributed by atoms with Crippen molar-refractivity contribution in [1.82, 2.24) is 4.98 Å². The van der Waals surface area contributed by atoms with Gasteiger partial charge in [0.05, 0.1) is 12.0 Å². The number of nitrogens with zero attached hydrogens (tertiary/aromatic N) is 2. The van der Waals surface area contributed by atoms with Gasteiger partial charge in [0, 0.05) is 30.1 Å². The zero-order valence-corrected chi connectivity index (χ0v) is 22.6. The summed E-state index contributed by atoms with van der Waals surface area (Å²) >= 11 is 0. The molecule has 8 heteroatoms. The SMILES string of the molecule is CC(=O)Oc1ccc(C(=O)[C@@H]2[C@H](C(=O)c3ccccn3)[C@]3(C(=O)Nc4ccccc43)[C@H]3C=Cc4ccccc4N23)cc1. The Hall–Kier alpha value is -5.37. The molecule has 1 N–H and O–H groups in total. The van der Waals surface area contributed by atoms with Gasteiger partial charge in [-0.25, -0.2) is 0 Å². The van der Waals surface area contributed by atoms with Crippen LogP contribution in [0.2, 0.25) is 0 Å². The first-order valence-electron chi connectivity index (χ1n) is 13.7. The van der Waals surface area contributed by atoms with Gasteiger partial charge in [-0.1, -0.05) is 54.6 Å². The standard InChI is InChI=1S/C34H25N3O5/c1-20(38)42-23-16-13-22(14-17-23)31(39)30-29(32(40)26-11-6-7-19-35-26)34(24-9-3-4-10-25(24)36-33(34)41)28-18-15-21-8-2-5-12-27(21)37(28)30/h2-19,28-30H,1H3,(H,36,41)/t28-,29-,30+,34-/m1/s1. The van der Waals surface area contributed by atoms with Gasteiger partial charge in [-0.3, -0.25) is 24.2 Å². The molecular weight excluding hydrogens is 530 g/mol. The highest BCUT2D eigenvalue weighted by molar-refractivity contribution is 6.18. The number of anilines is 2. The molecule has 4 aromatic rings. The zero-order chi connectivity index (χ0) is 29.0. The summed E-state index contributed by atoms with van der Waals surface area (Å²) in [6.45, 7) is 1.30. The number of fused-ring (bicyclic) bond motifs is 6. The van der Waals surface area contributed by atoms with E-state index in [1.54, 1.807) is 42.5 Å². The molecule has 0 bridgehead atoms. The molecule has 4 atom stereocenters. The number of carbonyl (C=O) groups excluding carboxylic acids is 4. The van der Waals surface area contributed by atoms with Gasteiger partial charge in [0.25, 0.3) is 0 Å². The van der Waals surface area contributed by atoms with Gasteiger partial charge in [-0.15, -0.1) is 0 Å². The van der Waals surface area contributed by atoms with E-state index in [1.807, 2.05) is 65.6 Å². The number of amides is 1. The summed E-state index contributed by atoms with van der Waals surface area (Å²) in [5, 5.41) is 3.02. The Morgan fingerprint density at radius 3 is 2.38 bits per heavy atom. The lowest BCUT2D eigenvalue weighted by Gasteiger charge is -2.37. The van der Waals surface area contributed by atoms with E-state index in [0.29, 0.717) is 22.6 Å². The normalized spacial score (nSPS) is 23.1. The van der Waals surface area contributed by atoms with E-state index < -0.39 is 35.2 Å². The summed E-state index contributed by atoms with van der Waals surface area (Å²) in [6.07, 6.45) is 5.42. The van der Waals surface area contributed by atoms with Crippen molar-refractivity contribution in [2.24, 2.45) is 5.92 Å². The summed E-state index contributed by atoms with van der Waals surface area (Å²) in [6, 6.07) is 24.6. The van der Waals surface area contributed by atoms with Crippen molar-refractivity contribution in [2.75, 3.05) is 10.2 Å². The molecule has 3 aliphatic rings. The molecule has 1 amide bonds. The number of nitrogens with one attached hydrogen (secondary N) is 1. The molecule has 8 nitrogen and oxygen atoms in total. The summed E-state index contributed by atoms with van der Waals surface area (Å²) in [4.78, 5) is 61.4. The third-order valence-corrected chi connectivity index (χ3v) is 8.41. The largest absolute Gasteiger partial charge is 0.427 e. The average molecular weight is 556 g/mol. The zero-order valence-electron chi connectivity index (χ0n) is 22.6. The minimum absolute atomic E-state index is 0.180. The van der Waals surface area contributed by atoms with Gasteiger partial charge in [0.1, 0.15) is 22.9 Å². The van der Waals surface area contributed by atoms with Crippen LogP contribution in [0.3, 0.4) is 0 Å². The second-order valence-corrected chi connectivity index (χ2v) is 10.6. The van der Waals surface area contributed by atoms with Crippen LogP contribution in [-0.2, 0) is 15.0 Å². The number of rotatable bonds is 5. The van der Waals surface area contributed by atoms with Crippen molar-refractivity contribution in [1.29, 1.82) is 0 Å². The van der Waals surface area contributed by atoms with Gasteiger partial charge in [-0.2, -0.15) is 0 Å². The Kier molecular flexibility index (Phi) is 5.86. The smallest absolute Gasteiger partial charge is 0.308 e. The van der Waals surface area contributed by atoms with Crippen LogP contribution in [0.4, 0.5) is 11.4 Å². The van der Waals surface area contributed by atoms with Gasteiger partial charge in [0.15, 0.2) is 11.6 Å². The molecule has 1 fully saturated rings. The van der Waals surface area contributed by atoms with Crippen LogP contribution in [0.15, 0.2) is 103 Å². The molecule has 1 spiro atoms. The van der Waals surface area contributed by atoms with Crippen LogP contribution < -0.4 is 15.0 Å². The average Bonchev–Trinajstić information content (AvgIpc) is 3.49. The van der Waals surface area contributed by atoms with Crippen molar-refractivity contribution in [3.63, 3.8) is 0 Å². The quantitative estimate of drug-likeness (QED) is 0.213. The Balaban J connectivity index is 1.48. The predicted molar refractivity (Wildman–Crippen MR) is 156 cm³/mol. The molecule has 4 heterocycles. The van der Waals surface area contributed by atoms with Crippen molar-refractivity contribution < 1.29 is 23.9 Å². The molecule has 0 saturated carbocycles. The molecular formula is C34H25N3O5. The summed E-state index contributed by atoms with van der Waals surface area (Å²) in [5.74, 6) is -2.34. The van der Waals surface area contributed by atoms with Gasteiger partial charge in [0.2, 0.25) is 5.91 Å². The lowest BCUT2D eigenvalue weighted by Crippen LogP contribution is -2.51. The minimum atomic E-state index is -1.41. The number of ketones is 2. The molecule has 3 aliphatic heterocycles. The fourth-order valence-electron chi connectivity index (χ4n) is 6.81. The third-order valence-electron chi connectivity index (χ3n) is 8.41. The van der Waals surface area contributed by atoms with Gasteiger partial charge < -0.3 is 15.0 Å². The molecule has 3 aromatic carbocycles. The number of ether oxygens (including phenoxy) is 1. The molecule has 0 radical (unpaired) electrons. The molecule has 206 valence electrons. The van der Waals surface area contributed by atoms with E-state index >= 15 is 0 Å². The van der Waals surface area contributed by atoms with Gasteiger partial charge in [-0.05, 0) is 59.7 Å². The van der Waals surface area contributed by atoms with Crippen LogP contribution in [0.1, 0.15) is 38.9 Å². The maximum Gasteiger partial charge on any atom is 0.308 e. The summed E-state index contributed by atoms with van der Waals surface area (Å²) in [5.41, 5.74) is 2.02. The molecule has 1 aromatic heterocycles. The second kappa shape index (κ2) is 9.62. The first-order chi connectivity index (χ1) is 20.4. The van der Waals surface area contributed by atoms with Crippen LogP contribution in [0.5, 0.6) is 5.75 Å². The van der Waals surface area contributed by atoms with Crippen LogP contribution in [-0.4, -0.2) is 40.5 Å². The lowest BCUT2D eigenvalue weighted by atomic mass is 9.64. The van der Waals surface area contributed by atoms with Crippen molar-refractivity contribution in [2.45, 2.75) is 24.4 Å². The maximum atomic E-state index is 14.7. The maximum absolute atomic E-state index is 14.7. The number of aromatic nitrogens is 1. The third kappa shape index (κ3) is 3.65. The molecule has 7 rings (SSSR count). The van der Waals surface area contributed by atoms with E-state index in [-0.39, 0.29) is 17.4 Å². The van der Waals surface area contributed by atoms with E-state index in [1.165, 1.54) is 13.1 Å². The van der Waals surface area contributed by atoms with E-state index in [2.05, 4.69) is 10.3 Å². The number of hydrogen-bond acceptors (Lipinski definition) is 7. The Bertz CT molecular complexity index is 1800. The van der Waals surface area contributed by atoms with Crippen molar-refractivity contribution in [3.05, 3.63) is 126 Å². The van der Waals surface area contributed by atoms with E-state index in [4.69, 9.17) is 4.74 Å². The molecule has 0 aliphatic carbocycles. The second-order valence-electron chi connectivity index (χ2n) is 10.6. The fraction of sp³-hybridized carbons (Fsp3) is 0.147. The highest BCUT2D eigenvalue weighted by Gasteiger charge is 2.70. The Morgan fingerprint density at radius 2 is 1.62 bits per heavy atom. The van der Waals surface area contributed by atoms with Crippen LogP contribution in [0.25, 0.3) is 6.08 Å². The van der Waals surface area contributed by atoms with Crippen molar-refractivity contribution >= 4 is 40.9 Å². The van der Waals surface area contributed by atoms with Crippen LogP contribution in [0, 0.1) is 5.92 Å². The topological polar surface area (TPSA) is 106 Å². The Morgan fingerprint density at radius 1 is 0.881 bits per heavy atom. The molecule has 1 saturated heterocycles. The highest BCUT2D eigenvalue weighted by atomic mass is 16.5. The Labute approximate surface area is 241 Å². The highest BCUT2D eigenvalue weighted by Crippen LogP contribution is 2.58. The molecule has 42 heavy (non-hydrogen) atoms. The number of Topliss-reactive ketones (excluding diaryl/α,β-unsaturated/α-hetero) is 2. The minimum Gasteiger partial charge on any atom is -0.427 e. The van der Waals surface area contributed by atoms with E-state index in [0.717, 1.165) is 11.3 Å². The summed E-state index contributed by atoms with van der Waals surface area (Å²) in [7, 11) is 0. The lowest BCUT2D eigenvalue weighted by molar-refractivity contribution is -0.131. The number of benzene rings is 3. The van der Waals surface area contributed by atoms with Gasteiger partial charge >= 0.3 is 5.97 Å². The number of pyridine rings is 1. The number of hydrogen-bond donors (Lipinski definition) is 1. The molecule has 0 unspecified atom stereocenters. The number of esters is 1. The number of carbonyl (C=O) groups is 4. The summed E-state index contributed by atoms with van der Waals surface area (Å²) < 4.78 is 5.17. The first kappa shape index (κ1) is 25.6. The number of para-hydroxylation sites is 2. The van der Waals surface area contributed by atoms with Crippen molar-refractivity contribution in [3.8, 4) is 5.75 Å². The predicted octanol–water partition coefficient (Wildman–Crippen LogP) is 4.86.